The second kappa shape index (κ2) is 8.52. The van der Waals surface area contributed by atoms with Crippen molar-refractivity contribution in [1.82, 2.24) is 4.98 Å². The summed E-state index contributed by atoms with van der Waals surface area (Å²) in [5.41, 5.74) is 5.31. The number of fused-ring (bicyclic) bond motifs is 1. The van der Waals surface area contributed by atoms with Gasteiger partial charge in [0.15, 0.2) is 9.84 Å². The van der Waals surface area contributed by atoms with Crippen LogP contribution in [-0.2, 0) is 22.7 Å². The highest BCUT2D eigenvalue weighted by Gasteiger charge is 2.05. The van der Waals surface area contributed by atoms with E-state index in [1.165, 1.54) is 17.4 Å². The zero-order valence-corrected chi connectivity index (χ0v) is 17.5. The van der Waals surface area contributed by atoms with Gasteiger partial charge in [-0.3, -0.25) is 4.98 Å². The molecule has 0 fully saturated rings. The zero-order chi connectivity index (χ0) is 21.0. The first-order valence-corrected chi connectivity index (χ1v) is 11.6. The second-order valence-electron chi connectivity index (χ2n) is 7.31. The molecule has 4 rings (SSSR count). The fourth-order valence-corrected chi connectivity index (χ4v) is 3.92. The molecule has 0 amide bonds. The van der Waals surface area contributed by atoms with Crippen LogP contribution in [0.2, 0.25) is 0 Å². The van der Waals surface area contributed by atoms with Crippen LogP contribution in [0.4, 0.5) is 0 Å². The summed E-state index contributed by atoms with van der Waals surface area (Å²) in [6, 6.07) is 25.4. The topological polar surface area (TPSA) is 47.0 Å². The van der Waals surface area contributed by atoms with E-state index in [0.717, 1.165) is 28.5 Å². The van der Waals surface area contributed by atoms with Crippen LogP contribution in [0.1, 0.15) is 22.3 Å². The molecular formula is C26H21NO2S. The Morgan fingerprint density at radius 2 is 1.60 bits per heavy atom. The normalized spacial score (nSPS) is 11.1. The predicted molar refractivity (Wildman–Crippen MR) is 121 cm³/mol. The molecular weight excluding hydrogens is 390 g/mol. The Hall–Kier alpha value is -3.42. The molecule has 1 heterocycles. The molecule has 0 atom stereocenters. The molecule has 0 spiro atoms. The third kappa shape index (κ3) is 4.94. The van der Waals surface area contributed by atoms with E-state index in [1.807, 2.05) is 48.7 Å². The summed E-state index contributed by atoms with van der Waals surface area (Å²) in [5, 5.41) is 1.08. The lowest BCUT2D eigenvalue weighted by Crippen LogP contribution is -1.96. The van der Waals surface area contributed by atoms with E-state index in [-0.39, 0.29) is 0 Å². The molecule has 0 aliphatic rings. The molecule has 0 N–H and O–H groups in total. The summed E-state index contributed by atoms with van der Waals surface area (Å²) in [6.07, 6.45) is 4.56. The molecule has 30 heavy (non-hydrogen) atoms. The van der Waals surface area contributed by atoms with Gasteiger partial charge in [0.25, 0.3) is 0 Å². The number of pyridine rings is 1. The van der Waals surface area contributed by atoms with Crippen LogP contribution in [-0.4, -0.2) is 19.7 Å². The van der Waals surface area contributed by atoms with Gasteiger partial charge in [0.05, 0.1) is 10.4 Å². The van der Waals surface area contributed by atoms with Gasteiger partial charge in [0.1, 0.15) is 0 Å². The van der Waals surface area contributed by atoms with Gasteiger partial charge in [-0.1, -0.05) is 54.3 Å². The number of hydrogen-bond acceptors (Lipinski definition) is 3. The molecule has 4 aromatic rings. The minimum atomic E-state index is -3.17. The zero-order valence-electron chi connectivity index (χ0n) is 16.7. The number of hydrogen-bond donors (Lipinski definition) is 0. The number of rotatable bonds is 4. The molecule has 148 valence electrons. The van der Waals surface area contributed by atoms with Crippen molar-refractivity contribution in [1.29, 1.82) is 0 Å². The second-order valence-corrected chi connectivity index (χ2v) is 9.32. The standard InChI is InChI=1S/C26H21NO2S/c1-30(28,29)25-13-10-20(11-14-25)8-5-9-22-12-15-26-24(17-22)18-23(19-27-26)16-21-6-3-2-4-7-21/h2-4,6-7,10-15,17-19H,8,16H2,1H3. The fourth-order valence-electron chi connectivity index (χ4n) is 3.29. The highest BCUT2D eigenvalue weighted by Crippen LogP contribution is 2.18. The summed E-state index contributed by atoms with van der Waals surface area (Å²) >= 11 is 0. The van der Waals surface area contributed by atoms with Gasteiger partial charge < -0.3 is 0 Å². The van der Waals surface area contributed by atoms with Crippen molar-refractivity contribution in [2.24, 2.45) is 0 Å². The molecule has 0 saturated heterocycles. The summed E-state index contributed by atoms with van der Waals surface area (Å²) in [6.45, 7) is 0. The quantitative estimate of drug-likeness (QED) is 0.452. The third-order valence-electron chi connectivity index (χ3n) is 4.87. The van der Waals surface area contributed by atoms with Gasteiger partial charge in [-0.25, -0.2) is 8.42 Å². The van der Waals surface area contributed by atoms with Crippen LogP contribution < -0.4 is 0 Å². The van der Waals surface area contributed by atoms with Crippen molar-refractivity contribution < 1.29 is 8.42 Å². The molecule has 0 unspecified atom stereocenters. The van der Waals surface area contributed by atoms with Crippen LogP contribution in [0, 0.1) is 11.8 Å². The van der Waals surface area contributed by atoms with Gasteiger partial charge in [0.2, 0.25) is 0 Å². The van der Waals surface area contributed by atoms with Crippen LogP contribution >= 0.6 is 0 Å². The molecule has 3 aromatic carbocycles. The Labute approximate surface area is 177 Å². The Morgan fingerprint density at radius 3 is 2.33 bits per heavy atom. The van der Waals surface area contributed by atoms with Gasteiger partial charge >= 0.3 is 0 Å². The van der Waals surface area contributed by atoms with E-state index < -0.39 is 9.84 Å². The number of aromatic nitrogens is 1. The molecule has 0 radical (unpaired) electrons. The number of nitrogens with zero attached hydrogens (tertiary/aromatic N) is 1. The minimum Gasteiger partial charge on any atom is -0.256 e. The Balaban J connectivity index is 1.51. The lowest BCUT2D eigenvalue weighted by molar-refractivity contribution is 0.602. The summed E-state index contributed by atoms with van der Waals surface area (Å²) in [4.78, 5) is 4.90. The van der Waals surface area contributed by atoms with Crippen molar-refractivity contribution >= 4 is 20.7 Å². The first kappa shape index (κ1) is 19.9. The highest BCUT2D eigenvalue weighted by molar-refractivity contribution is 7.90. The SMILES string of the molecule is CS(=O)(=O)c1ccc(CC#Cc2ccc3ncc(Cc4ccccc4)cc3c2)cc1. The molecule has 0 aliphatic carbocycles. The molecule has 4 heteroatoms. The molecule has 0 bridgehead atoms. The third-order valence-corrected chi connectivity index (χ3v) is 5.99. The van der Waals surface area contributed by atoms with Gasteiger partial charge in [-0.05, 0) is 59.5 Å². The average Bonchev–Trinajstić information content (AvgIpc) is 2.74. The maximum Gasteiger partial charge on any atom is 0.175 e. The lowest BCUT2D eigenvalue weighted by Gasteiger charge is -2.04. The van der Waals surface area contributed by atoms with E-state index >= 15 is 0 Å². The van der Waals surface area contributed by atoms with E-state index in [9.17, 15) is 8.42 Å². The summed E-state index contributed by atoms with van der Waals surface area (Å²) < 4.78 is 23.1. The summed E-state index contributed by atoms with van der Waals surface area (Å²) in [5.74, 6) is 6.38. The Morgan fingerprint density at radius 1 is 0.833 bits per heavy atom. The van der Waals surface area contributed by atoms with Crippen molar-refractivity contribution in [2.75, 3.05) is 6.26 Å². The minimum absolute atomic E-state index is 0.326. The maximum atomic E-state index is 11.5. The lowest BCUT2D eigenvalue weighted by atomic mass is 10.0. The summed E-state index contributed by atoms with van der Waals surface area (Å²) in [7, 11) is -3.17. The smallest absolute Gasteiger partial charge is 0.175 e. The van der Waals surface area contributed by atoms with Crippen molar-refractivity contribution in [3.63, 3.8) is 0 Å². The average molecular weight is 412 g/mol. The number of benzene rings is 3. The van der Waals surface area contributed by atoms with Gasteiger partial charge in [-0.15, -0.1) is 0 Å². The Kier molecular flexibility index (Phi) is 5.65. The van der Waals surface area contributed by atoms with Crippen molar-refractivity contribution in [2.45, 2.75) is 17.7 Å². The van der Waals surface area contributed by atoms with Crippen LogP contribution in [0.3, 0.4) is 0 Å². The van der Waals surface area contributed by atoms with Crippen LogP contribution in [0.25, 0.3) is 10.9 Å². The maximum absolute atomic E-state index is 11.5. The van der Waals surface area contributed by atoms with E-state index in [1.54, 1.807) is 12.1 Å². The van der Waals surface area contributed by atoms with E-state index in [0.29, 0.717) is 11.3 Å². The fraction of sp³-hybridized carbons (Fsp3) is 0.115. The largest absolute Gasteiger partial charge is 0.256 e. The van der Waals surface area contributed by atoms with Crippen LogP contribution in [0.5, 0.6) is 0 Å². The van der Waals surface area contributed by atoms with E-state index in [2.05, 4.69) is 41.1 Å². The monoisotopic (exact) mass is 411 g/mol. The first-order valence-electron chi connectivity index (χ1n) is 9.68. The molecule has 0 saturated carbocycles. The van der Waals surface area contributed by atoms with Crippen molar-refractivity contribution in [3.8, 4) is 11.8 Å². The van der Waals surface area contributed by atoms with Crippen molar-refractivity contribution in [3.05, 3.63) is 107 Å². The predicted octanol–water partition coefficient (Wildman–Crippen LogP) is 4.82. The van der Waals surface area contributed by atoms with E-state index in [4.69, 9.17) is 0 Å². The molecule has 0 aliphatic heterocycles. The molecule has 3 nitrogen and oxygen atoms in total. The highest BCUT2D eigenvalue weighted by atomic mass is 32.2. The van der Waals surface area contributed by atoms with Gasteiger partial charge in [-0.2, -0.15) is 0 Å². The van der Waals surface area contributed by atoms with Gasteiger partial charge in [0, 0.05) is 29.8 Å². The number of sulfone groups is 1. The first-order chi connectivity index (χ1) is 14.5. The van der Waals surface area contributed by atoms with Crippen LogP contribution in [0.15, 0.2) is 90.0 Å². The molecule has 1 aromatic heterocycles. The Bertz CT molecular complexity index is 1350.